The number of aliphatic carboxylic acids is 1. The van der Waals surface area contributed by atoms with Crippen LogP contribution in [-0.2, 0) is 4.79 Å². The molecule has 0 unspecified atom stereocenters. The number of aromatic amines is 1. The lowest BCUT2D eigenvalue weighted by molar-refractivity contribution is -0.137. The molecule has 2 aromatic rings. The van der Waals surface area contributed by atoms with Gasteiger partial charge in [0.05, 0.1) is 0 Å². The van der Waals surface area contributed by atoms with E-state index in [1.54, 1.807) is 13.0 Å². The van der Waals surface area contributed by atoms with Crippen LogP contribution < -0.4 is 5.32 Å². The number of carbonyl (C=O) groups is 2. The zero-order chi connectivity index (χ0) is 16.1. The van der Waals surface area contributed by atoms with Gasteiger partial charge < -0.3 is 15.4 Å². The molecule has 1 aromatic heterocycles. The number of fused-ring (bicyclic) bond motifs is 1. The third kappa shape index (κ3) is 4.07. The Morgan fingerprint density at radius 1 is 1.23 bits per heavy atom. The topological polar surface area (TPSA) is 82.2 Å². The summed E-state index contributed by atoms with van der Waals surface area (Å²) < 4.78 is 13.3. The SMILES string of the molecule is Cc1cc(F)cc2[nH]c(C(=O)NCCCCCC(=O)O)cc12. The lowest BCUT2D eigenvalue weighted by atomic mass is 10.1. The van der Waals surface area contributed by atoms with E-state index in [1.165, 1.54) is 12.1 Å². The summed E-state index contributed by atoms with van der Waals surface area (Å²) in [7, 11) is 0. The number of hydrogen-bond acceptors (Lipinski definition) is 2. The van der Waals surface area contributed by atoms with Crippen molar-refractivity contribution in [1.29, 1.82) is 0 Å². The summed E-state index contributed by atoms with van der Waals surface area (Å²) in [6.45, 7) is 2.28. The van der Waals surface area contributed by atoms with Gasteiger partial charge in [-0.25, -0.2) is 4.39 Å². The summed E-state index contributed by atoms with van der Waals surface area (Å²) in [6.07, 6.45) is 2.24. The molecule has 0 saturated carbocycles. The Balaban J connectivity index is 1.88. The van der Waals surface area contributed by atoms with Gasteiger partial charge in [-0.15, -0.1) is 0 Å². The number of carbonyl (C=O) groups excluding carboxylic acids is 1. The number of nitrogens with one attached hydrogen (secondary N) is 2. The van der Waals surface area contributed by atoms with Crippen LogP contribution in [0.4, 0.5) is 4.39 Å². The van der Waals surface area contributed by atoms with Gasteiger partial charge in [0.1, 0.15) is 11.5 Å². The highest BCUT2D eigenvalue weighted by Gasteiger charge is 2.11. The van der Waals surface area contributed by atoms with E-state index >= 15 is 0 Å². The molecule has 0 atom stereocenters. The quantitative estimate of drug-likeness (QED) is 0.688. The number of halogens is 1. The molecule has 0 aliphatic rings. The van der Waals surface area contributed by atoms with Gasteiger partial charge in [0.25, 0.3) is 5.91 Å². The zero-order valence-corrected chi connectivity index (χ0v) is 12.4. The average molecular weight is 306 g/mol. The third-order valence-corrected chi connectivity index (χ3v) is 3.51. The van der Waals surface area contributed by atoms with Crippen molar-refractivity contribution in [3.63, 3.8) is 0 Å². The van der Waals surface area contributed by atoms with E-state index in [1.807, 2.05) is 0 Å². The molecule has 1 aromatic carbocycles. The first-order valence-electron chi connectivity index (χ1n) is 7.26. The van der Waals surface area contributed by atoms with Crippen molar-refractivity contribution in [2.75, 3.05) is 6.54 Å². The molecule has 0 saturated heterocycles. The van der Waals surface area contributed by atoms with Crippen LogP contribution in [0, 0.1) is 12.7 Å². The first-order chi connectivity index (χ1) is 10.5. The van der Waals surface area contributed by atoms with Crippen LogP contribution in [0.15, 0.2) is 18.2 Å². The van der Waals surface area contributed by atoms with Crippen molar-refractivity contribution < 1.29 is 19.1 Å². The molecule has 0 fully saturated rings. The second kappa shape index (κ2) is 7.06. The van der Waals surface area contributed by atoms with Crippen LogP contribution in [-0.4, -0.2) is 28.5 Å². The average Bonchev–Trinajstić information content (AvgIpc) is 2.86. The molecule has 2 rings (SSSR count). The second-order valence-corrected chi connectivity index (χ2v) is 5.33. The highest BCUT2D eigenvalue weighted by molar-refractivity contribution is 5.98. The zero-order valence-electron chi connectivity index (χ0n) is 12.4. The van der Waals surface area contributed by atoms with Crippen LogP contribution in [0.1, 0.15) is 41.7 Å². The van der Waals surface area contributed by atoms with Gasteiger partial charge in [0.2, 0.25) is 0 Å². The summed E-state index contributed by atoms with van der Waals surface area (Å²) in [4.78, 5) is 25.3. The molecule has 5 nitrogen and oxygen atoms in total. The largest absolute Gasteiger partial charge is 0.481 e. The summed E-state index contributed by atoms with van der Waals surface area (Å²) in [5.41, 5.74) is 1.78. The fourth-order valence-electron chi connectivity index (χ4n) is 2.37. The van der Waals surface area contributed by atoms with Gasteiger partial charge in [0, 0.05) is 23.9 Å². The summed E-state index contributed by atoms with van der Waals surface area (Å²) in [5, 5.41) is 12.1. The summed E-state index contributed by atoms with van der Waals surface area (Å²) in [5.74, 6) is -1.38. The van der Waals surface area contributed by atoms with E-state index in [9.17, 15) is 14.0 Å². The molecule has 0 radical (unpaired) electrons. The standard InChI is InChI=1S/C16H19FN2O3/c1-10-7-11(17)8-13-12(10)9-14(19-13)16(22)18-6-4-2-3-5-15(20)21/h7-9,19H,2-6H2,1H3,(H,18,22)(H,20,21). The fourth-order valence-corrected chi connectivity index (χ4v) is 2.37. The lowest BCUT2D eigenvalue weighted by Gasteiger charge is -2.03. The Morgan fingerprint density at radius 2 is 2.00 bits per heavy atom. The molecule has 0 spiro atoms. The molecule has 1 heterocycles. The van der Waals surface area contributed by atoms with Crippen molar-refractivity contribution in [3.8, 4) is 0 Å². The van der Waals surface area contributed by atoms with Crippen molar-refractivity contribution in [1.82, 2.24) is 10.3 Å². The molecule has 0 aliphatic heterocycles. The number of benzene rings is 1. The number of H-pyrrole nitrogens is 1. The molecule has 118 valence electrons. The van der Waals surface area contributed by atoms with Crippen molar-refractivity contribution in [2.24, 2.45) is 0 Å². The number of unbranched alkanes of at least 4 members (excludes halogenated alkanes) is 2. The number of rotatable bonds is 7. The Labute approximate surface area is 127 Å². The third-order valence-electron chi connectivity index (χ3n) is 3.51. The fraction of sp³-hybridized carbons (Fsp3) is 0.375. The molecule has 6 heteroatoms. The maximum atomic E-state index is 13.3. The van der Waals surface area contributed by atoms with Gasteiger partial charge in [-0.1, -0.05) is 6.42 Å². The number of amides is 1. The van der Waals surface area contributed by atoms with Crippen molar-refractivity contribution in [3.05, 3.63) is 35.3 Å². The van der Waals surface area contributed by atoms with Gasteiger partial charge in [-0.3, -0.25) is 9.59 Å². The number of aryl methyl sites for hydroxylation is 1. The number of carboxylic acids is 1. The Kier molecular flexibility index (Phi) is 5.14. The maximum absolute atomic E-state index is 13.3. The minimum Gasteiger partial charge on any atom is -0.481 e. The van der Waals surface area contributed by atoms with Gasteiger partial charge in [0.15, 0.2) is 0 Å². The van der Waals surface area contributed by atoms with E-state index in [0.717, 1.165) is 23.8 Å². The van der Waals surface area contributed by atoms with E-state index in [4.69, 9.17) is 5.11 Å². The predicted octanol–water partition coefficient (Wildman–Crippen LogP) is 2.99. The van der Waals surface area contributed by atoms with Gasteiger partial charge in [-0.05, 0) is 43.5 Å². The smallest absolute Gasteiger partial charge is 0.303 e. The van der Waals surface area contributed by atoms with Crippen LogP contribution in [0.2, 0.25) is 0 Å². The monoisotopic (exact) mass is 306 g/mol. The molecule has 1 amide bonds. The Morgan fingerprint density at radius 3 is 2.73 bits per heavy atom. The van der Waals surface area contributed by atoms with Crippen LogP contribution in [0.5, 0.6) is 0 Å². The number of carboxylic acid groups (broad SMARTS) is 1. The maximum Gasteiger partial charge on any atom is 0.303 e. The number of aromatic nitrogens is 1. The summed E-state index contributed by atoms with van der Waals surface area (Å²) in [6, 6.07) is 4.51. The summed E-state index contributed by atoms with van der Waals surface area (Å²) >= 11 is 0. The van der Waals surface area contributed by atoms with Crippen LogP contribution in [0.3, 0.4) is 0 Å². The van der Waals surface area contributed by atoms with Crippen molar-refractivity contribution >= 4 is 22.8 Å². The molecule has 0 bridgehead atoms. The van der Waals surface area contributed by atoms with Crippen LogP contribution >= 0.6 is 0 Å². The molecule has 22 heavy (non-hydrogen) atoms. The van der Waals surface area contributed by atoms with E-state index in [0.29, 0.717) is 24.2 Å². The molecule has 3 N–H and O–H groups in total. The Hall–Kier alpha value is -2.37. The molecule has 0 aliphatic carbocycles. The van der Waals surface area contributed by atoms with Gasteiger partial charge in [-0.2, -0.15) is 0 Å². The lowest BCUT2D eigenvalue weighted by Crippen LogP contribution is -2.24. The highest BCUT2D eigenvalue weighted by Crippen LogP contribution is 2.21. The first kappa shape index (κ1) is 16.0. The van der Waals surface area contributed by atoms with E-state index < -0.39 is 5.97 Å². The number of hydrogen-bond donors (Lipinski definition) is 3. The normalized spacial score (nSPS) is 10.8. The van der Waals surface area contributed by atoms with E-state index in [2.05, 4.69) is 10.3 Å². The van der Waals surface area contributed by atoms with Gasteiger partial charge >= 0.3 is 5.97 Å². The minimum absolute atomic E-state index is 0.154. The molecular weight excluding hydrogens is 287 g/mol. The highest BCUT2D eigenvalue weighted by atomic mass is 19.1. The minimum atomic E-state index is -0.801. The van der Waals surface area contributed by atoms with E-state index in [-0.39, 0.29) is 18.1 Å². The predicted molar refractivity (Wildman–Crippen MR) is 81.4 cm³/mol. The Bertz CT molecular complexity index is 694. The van der Waals surface area contributed by atoms with Crippen LogP contribution in [0.25, 0.3) is 10.9 Å². The first-order valence-corrected chi connectivity index (χ1v) is 7.26. The second-order valence-electron chi connectivity index (χ2n) is 5.33. The van der Waals surface area contributed by atoms with Crippen molar-refractivity contribution in [2.45, 2.75) is 32.6 Å². The molecular formula is C16H19FN2O3.